The minimum Gasteiger partial charge on any atom is -0.455 e. The maximum Gasteiger partial charge on any atom is 0.143 e. The fourth-order valence-corrected chi connectivity index (χ4v) is 9.36. The van der Waals surface area contributed by atoms with E-state index in [1.807, 2.05) is 17.4 Å². The van der Waals surface area contributed by atoms with E-state index in [-0.39, 0.29) is 0 Å². The molecule has 11 aromatic rings. The normalized spacial score (nSPS) is 11.8. The van der Waals surface area contributed by atoms with Crippen LogP contribution in [0.4, 0.5) is 17.1 Å². The summed E-state index contributed by atoms with van der Waals surface area (Å²) in [6.07, 6.45) is 0. The van der Waals surface area contributed by atoms with Crippen LogP contribution in [0.2, 0.25) is 0 Å². The van der Waals surface area contributed by atoms with E-state index in [0.29, 0.717) is 0 Å². The van der Waals surface area contributed by atoms with Crippen molar-refractivity contribution in [2.24, 2.45) is 0 Å². The first-order valence-electron chi connectivity index (χ1n) is 18.0. The van der Waals surface area contributed by atoms with Gasteiger partial charge in [-0.3, -0.25) is 0 Å². The van der Waals surface area contributed by atoms with Gasteiger partial charge in [0.15, 0.2) is 0 Å². The summed E-state index contributed by atoms with van der Waals surface area (Å²) in [5.41, 5.74) is 9.68. The lowest BCUT2D eigenvalue weighted by Crippen LogP contribution is -2.11. The van der Waals surface area contributed by atoms with Crippen LogP contribution >= 0.6 is 11.3 Å². The SMILES string of the molecule is c1ccc(-c2cc(N(c3ccc4c(c3)sc3ccccc34)c3cc4ccccc4c4ccccc34)ccc2-c2cccc3c2oc2ccccc23)cc1. The minimum absolute atomic E-state index is 0.902. The number of hydrogen-bond acceptors (Lipinski definition) is 3. The van der Waals surface area contributed by atoms with E-state index in [0.717, 1.165) is 61.3 Å². The van der Waals surface area contributed by atoms with Gasteiger partial charge in [-0.05, 0) is 75.3 Å². The number of fused-ring (bicyclic) bond motifs is 9. The maximum atomic E-state index is 6.59. The molecule has 0 aliphatic rings. The van der Waals surface area contributed by atoms with Crippen LogP contribution in [0.3, 0.4) is 0 Å². The molecule has 0 unspecified atom stereocenters. The van der Waals surface area contributed by atoms with E-state index < -0.39 is 0 Å². The van der Waals surface area contributed by atoms with Crippen molar-refractivity contribution in [1.82, 2.24) is 0 Å². The van der Waals surface area contributed by atoms with E-state index in [4.69, 9.17) is 4.42 Å². The predicted octanol–water partition coefficient (Wildman–Crippen LogP) is 15.1. The maximum absolute atomic E-state index is 6.59. The highest BCUT2D eigenvalue weighted by molar-refractivity contribution is 7.25. The first-order valence-corrected chi connectivity index (χ1v) is 18.8. The molecule has 0 spiro atoms. The number of anilines is 3. The van der Waals surface area contributed by atoms with E-state index in [1.54, 1.807) is 0 Å². The first-order chi connectivity index (χ1) is 26.3. The first kappa shape index (κ1) is 30.0. The Morgan fingerprint density at radius 1 is 0.377 bits per heavy atom. The van der Waals surface area contributed by atoms with Crippen molar-refractivity contribution in [2.45, 2.75) is 0 Å². The third-order valence-corrected chi connectivity index (χ3v) is 11.8. The number of nitrogens with zero attached hydrogens (tertiary/aromatic N) is 1. The number of furan rings is 1. The third-order valence-electron chi connectivity index (χ3n) is 10.6. The van der Waals surface area contributed by atoms with Crippen LogP contribution in [0.15, 0.2) is 192 Å². The summed E-state index contributed by atoms with van der Waals surface area (Å²) < 4.78 is 9.17. The van der Waals surface area contributed by atoms with E-state index in [2.05, 4.69) is 187 Å². The molecule has 0 N–H and O–H groups in total. The lowest BCUT2D eigenvalue weighted by atomic mass is 9.92. The van der Waals surface area contributed by atoms with Crippen molar-refractivity contribution in [3.63, 3.8) is 0 Å². The summed E-state index contributed by atoms with van der Waals surface area (Å²) >= 11 is 1.86. The smallest absolute Gasteiger partial charge is 0.143 e. The van der Waals surface area contributed by atoms with Crippen LogP contribution < -0.4 is 4.90 Å². The van der Waals surface area contributed by atoms with Crippen LogP contribution in [0.5, 0.6) is 0 Å². The largest absolute Gasteiger partial charge is 0.455 e. The van der Waals surface area contributed by atoms with Crippen molar-refractivity contribution >= 4 is 92.1 Å². The number of rotatable bonds is 5. The Labute approximate surface area is 310 Å². The molecule has 0 aliphatic heterocycles. The Morgan fingerprint density at radius 3 is 1.92 bits per heavy atom. The molecular formula is C50H31NOS. The Kier molecular flexibility index (Phi) is 6.76. The van der Waals surface area contributed by atoms with Crippen LogP contribution in [0.25, 0.3) is 85.9 Å². The lowest BCUT2D eigenvalue weighted by molar-refractivity contribution is 0.670. The molecule has 0 saturated heterocycles. The van der Waals surface area contributed by atoms with Gasteiger partial charge < -0.3 is 9.32 Å². The molecule has 0 amide bonds. The van der Waals surface area contributed by atoms with Crippen molar-refractivity contribution in [1.29, 1.82) is 0 Å². The van der Waals surface area contributed by atoms with Crippen LogP contribution in [0, 0.1) is 0 Å². The van der Waals surface area contributed by atoms with Gasteiger partial charge in [0, 0.05) is 53.3 Å². The van der Waals surface area contributed by atoms with Crippen LogP contribution in [0.1, 0.15) is 0 Å². The highest BCUT2D eigenvalue weighted by atomic mass is 32.1. The van der Waals surface area contributed by atoms with Crippen molar-refractivity contribution < 1.29 is 4.42 Å². The molecule has 11 rings (SSSR count). The topological polar surface area (TPSA) is 16.4 Å². The highest BCUT2D eigenvalue weighted by Gasteiger charge is 2.22. The molecule has 0 bridgehead atoms. The number of hydrogen-bond donors (Lipinski definition) is 0. The third kappa shape index (κ3) is 4.78. The summed E-state index contributed by atoms with van der Waals surface area (Å²) in [5, 5.41) is 9.77. The summed E-state index contributed by atoms with van der Waals surface area (Å²) in [7, 11) is 0. The number of benzene rings is 9. The van der Waals surface area contributed by atoms with Gasteiger partial charge in [-0.25, -0.2) is 0 Å². The Morgan fingerprint density at radius 2 is 1.04 bits per heavy atom. The molecule has 2 nitrogen and oxygen atoms in total. The van der Waals surface area contributed by atoms with Gasteiger partial charge >= 0.3 is 0 Å². The lowest BCUT2D eigenvalue weighted by Gasteiger charge is -2.28. The fourth-order valence-electron chi connectivity index (χ4n) is 8.22. The monoisotopic (exact) mass is 693 g/mol. The predicted molar refractivity (Wildman–Crippen MR) is 227 cm³/mol. The molecule has 2 heterocycles. The van der Waals surface area contributed by atoms with Crippen LogP contribution in [-0.2, 0) is 0 Å². The second-order valence-corrected chi connectivity index (χ2v) is 14.7. The molecular weight excluding hydrogens is 663 g/mol. The zero-order valence-electron chi connectivity index (χ0n) is 28.7. The Bertz CT molecular complexity index is 3190. The average molecular weight is 694 g/mol. The standard InChI is InChI=1S/C50H31NOS/c1-2-13-32(14-3-1)45-30-34(25-27-38(45)43-21-12-22-44-40-19-8-10-23-47(40)52-50(43)44)51(35-26-28-42-41-20-9-11-24-48(41)53-49(42)31-35)46-29-33-15-4-5-16-36(33)37-17-6-7-18-39(37)46/h1-31H. The molecule has 0 fully saturated rings. The van der Waals surface area contributed by atoms with Gasteiger partial charge in [0.05, 0.1) is 5.69 Å². The van der Waals surface area contributed by atoms with Crippen molar-refractivity contribution in [3.05, 3.63) is 188 Å². The van der Waals surface area contributed by atoms with Gasteiger partial charge in [0.1, 0.15) is 11.2 Å². The molecule has 0 atom stereocenters. The quantitative estimate of drug-likeness (QED) is 0.167. The Balaban J connectivity index is 1.20. The van der Waals surface area contributed by atoms with Gasteiger partial charge in [-0.2, -0.15) is 0 Å². The molecule has 0 aliphatic carbocycles. The van der Waals surface area contributed by atoms with E-state index in [9.17, 15) is 0 Å². The minimum atomic E-state index is 0.902. The summed E-state index contributed by atoms with van der Waals surface area (Å²) in [5.74, 6) is 0. The molecule has 53 heavy (non-hydrogen) atoms. The molecule has 3 heteroatoms. The highest BCUT2D eigenvalue weighted by Crippen LogP contribution is 2.47. The zero-order chi connectivity index (χ0) is 34.9. The molecule has 2 aromatic heterocycles. The van der Waals surface area contributed by atoms with Gasteiger partial charge in [-0.15, -0.1) is 11.3 Å². The Hall–Kier alpha value is -6.68. The zero-order valence-corrected chi connectivity index (χ0v) is 29.5. The van der Waals surface area contributed by atoms with Crippen molar-refractivity contribution in [2.75, 3.05) is 4.90 Å². The fraction of sp³-hybridized carbons (Fsp3) is 0. The molecule has 0 saturated carbocycles. The average Bonchev–Trinajstić information content (AvgIpc) is 3.80. The van der Waals surface area contributed by atoms with Crippen LogP contribution in [-0.4, -0.2) is 0 Å². The van der Waals surface area contributed by atoms with E-state index >= 15 is 0 Å². The summed E-state index contributed by atoms with van der Waals surface area (Å²) in [6, 6.07) is 68.1. The second kappa shape index (κ2) is 11.9. The number of para-hydroxylation sites is 2. The summed E-state index contributed by atoms with van der Waals surface area (Å²) in [4.78, 5) is 2.45. The molecule has 9 aromatic carbocycles. The summed E-state index contributed by atoms with van der Waals surface area (Å²) in [6.45, 7) is 0. The van der Waals surface area contributed by atoms with Crippen molar-refractivity contribution in [3.8, 4) is 22.3 Å². The molecule has 0 radical (unpaired) electrons. The number of thiophene rings is 1. The van der Waals surface area contributed by atoms with E-state index in [1.165, 1.54) is 41.7 Å². The second-order valence-electron chi connectivity index (χ2n) is 13.7. The van der Waals surface area contributed by atoms with Gasteiger partial charge in [-0.1, -0.05) is 146 Å². The van der Waals surface area contributed by atoms with Gasteiger partial charge in [0.2, 0.25) is 0 Å². The molecule has 248 valence electrons. The van der Waals surface area contributed by atoms with Gasteiger partial charge in [0.25, 0.3) is 0 Å².